The van der Waals surface area contributed by atoms with Crippen LogP contribution in [0, 0.1) is 6.92 Å². The lowest BCUT2D eigenvalue weighted by Crippen LogP contribution is -2.48. The Balaban J connectivity index is 1.55. The third kappa shape index (κ3) is 2.81. The highest BCUT2D eigenvalue weighted by Gasteiger charge is 2.25. The van der Waals surface area contributed by atoms with Gasteiger partial charge in [0, 0.05) is 50.6 Å². The van der Waals surface area contributed by atoms with Crippen molar-refractivity contribution in [1.29, 1.82) is 0 Å². The molecule has 4 rings (SSSR count). The quantitative estimate of drug-likeness (QED) is 0.826. The maximum Gasteiger partial charge on any atom is 0.329 e. The lowest BCUT2D eigenvalue weighted by Gasteiger charge is -2.37. The Hall–Kier alpha value is -2.64. The van der Waals surface area contributed by atoms with Crippen molar-refractivity contribution in [2.75, 3.05) is 36.0 Å². The normalized spacial score (nSPS) is 17.0. The van der Waals surface area contributed by atoms with Crippen LogP contribution in [0.4, 0.5) is 11.6 Å². The van der Waals surface area contributed by atoms with Crippen LogP contribution in [0.3, 0.4) is 0 Å². The highest BCUT2D eigenvalue weighted by Crippen LogP contribution is 2.29. The van der Waals surface area contributed by atoms with E-state index in [0.29, 0.717) is 5.82 Å². The first-order chi connectivity index (χ1) is 12.0. The summed E-state index contributed by atoms with van der Waals surface area (Å²) in [5.41, 5.74) is 1.82. The van der Waals surface area contributed by atoms with Gasteiger partial charge in [0.1, 0.15) is 17.5 Å². The van der Waals surface area contributed by atoms with Gasteiger partial charge in [0.05, 0.1) is 0 Å². The summed E-state index contributed by atoms with van der Waals surface area (Å²) in [7, 11) is 1.47. The second-order valence-electron chi connectivity index (χ2n) is 6.70. The molecule has 0 saturated carbocycles. The number of piperazine rings is 1. The van der Waals surface area contributed by atoms with E-state index in [2.05, 4.69) is 14.9 Å². The summed E-state index contributed by atoms with van der Waals surface area (Å²) < 4.78 is 1.08. The SMILES string of the molecule is Cc1nc2c(c(N3CCN(c4cc(=O)n(C)c(=O)[nH]4)CC3)n1)CCC2. The van der Waals surface area contributed by atoms with Crippen molar-refractivity contribution in [3.63, 3.8) is 0 Å². The highest BCUT2D eigenvalue weighted by molar-refractivity contribution is 5.53. The lowest BCUT2D eigenvalue weighted by molar-refractivity contribution is 0.631. The lowest BCUT2D eigenvalue weighted by atomic mass is 10.2. The molecule has 2 aromatic rings. The van der Waals surface area contributed by atoms with E-state index < -0.39 is 0 Å². The molecule has 3 heterocycles. The Morgan fingerprint density at radius 3 is 2.48 bits per heavy atom. The number of H-pyrrole nitrogens is 1. The highest BCUT2D eigenvalue weighted by atomic mass is 16.2. The van der Waals surface area contributed by atoms with Crippen molar-refractivity contribution in [1.82, 2.24) is 19.5 Å². The van der Waals surface area contributed by atoms with Gasteiger partial charge in [-0.15, -0.1) is 0 Å². The number of hydrogen-bond acceptors (Lipinski definition) is 6. The molecule has 0 spiro atoms. The van der Waals surface area contributed by atoms with Crippen molar-refractivity contribution in [3.05, 3.63) is 44.0 Å². The van der Waals surface area contributed by atoms with Crippen LogP contribution in [0.5, 0.6) is 0 Å². The van der Waals surface area contributed by atoms with Crippen LogP contribution in [-0.2, 0) is 19.9 Å². The molecule has 1 aliphatic carbocycles. The van der Waals surface area contributed by atoms with Crippen molar-refractivity contribution in [2.45, 2.75) is 26.2 Å². The Morgan fingerprint density at radius 1 is 1.04 bits per heavy atom. The minimum Gasteiger partial charge on any atom is -0.354 e. The van der Waals surface area contributed by atoms with E-state index in [9.17, 15) is 9.59 Å². The number of nitrogens with one attached hydrogen (secondary N) is 1. The van der Waals surface area contributed by atoms with Crippen molar-refractivity contribution in [2.24, 2.45) is 7.05 Å². The van der Waals surface area contributed by atoms with Gasteiger partial charge in [0.25, 0.3) is 5.56 Å². The van der Waals surface area contributed by atoms with Crippen LogP contribution in [0.15, 0.2) is 15.7 Å². The largest absolute Gasteiger partial charge is 0.354 e. The molecule has 0 atom stereocenters. The molecule has 132 valence electrons. The second kappa shape index (κ2) is 6.02. The number of fused-ring (bicyclic) bond motifs is 1. The molecule has 2 aliphatic rings. The second-order valence-corrected chi connectivity index (χ2v) is 6.70. The topological polar surface area (TPSA) is 87.1 Å². The van der Waals surface area contributed by atoms with E-state index in [4.69, 9.17) is 4.98 Å². The summed E-state index contributed by atoms with van der Waals surface area (Å²) in [6, 6.07) is 1.49. The standard InChI is InChI=1S/C17H22N6O2/c1-11-18-13-5-3-4-12(13)16(19-11)23-8-6-22(7-9-23)14-10-15(24)21(2)17(25)20-14/h10H,3-9H2,1-2H3,(H,20,25). The smallest absolute Gasteiger partial charge is 0.329 e. The molecule has 8 heteroatoms. The molecule has 0 radical (unpaired) electrons. The average molecular weight is 342 g/mol. The van der Waals surface area contributed by atoms with E-state index in [0.717, 1.165) is 61.7 Å². The van der Waals surface area contributed by atoms with Gasteiger partial charge >= 0.3 is 5.69 Å². The average Bonchev–Trinajstić information content (AvgIpc) is 3.07. The summed E-state index contributed by atoms with van der Waals surface area (Å²) in [6.07, 6.45) is 3.24. The molecular formula is C17H22N6O2. The molecule has 25 heavy (non-hydrogen) atoms. The van der Waals surface area contributed by atoms with E-state index >= 15 is 0 Å². The first kappa shape index (κ1) is 15.9. The number of anilines is 2. The summed E-state index contributed by atoms with van der Waals surface area (Å²) >= 11 is 0. The van der Waals surface area contributed by atoms with E-state index in [1.165, 1.54) is 24.4 Å². The minimum atomic E-state index is -0.380. The van der Waals surface area contributed by atoms with Gasteiger partial charge in [-0.2, -0.15) is 0 Å². The minimum absolute atomic E-state index is 0.287. The van der Waals surface area contributed by atoms with Gasteiger partial charge in [-0.25, -0.2) is 14.8 Å². The summed E-state index contributed by atoms with van der Waals surface area (Å²) in [5.74, 6) is 2.49. The van der Waals surface area contributed by atoms with Crippen molar-refractivity contribution in [3.8, 4) is 0 Å². The fraction of sp³-hybridized carbons (Fsp3) is 0.529. The number of aromatic nitrogens is 4. The maximum absolute atomic E-state index is 11.8. The Bertz CT molecular complexity index is 892. The Labute approximate surface area is 145 Å². The number of nitrogens with zero attached hydrogens (tertiary/aromatic N) is 5. The van der Waals surface area contributed by atoms with Gasteiger partial charge in [-0.3, -0.25) is 14.3 Å². The third-order valence-corrected chi connectivity index (χ3v) is 5.07. The predicted molar refractivity (Wildman–Crippen MR) is 95.5 cm³/mol. The number of hydrogen-bond donors (Lipinski definition) is 1. The third-order valence-electron chi connectivity index (χ3n) is 5.07. The molecule has 0 unspecified atom stereocenters. The zero-order valence-electron chi connectivity index (χ0n) is 14.6. The van der Waals surface area contributed by atoms with Crippen LogP contribution >= 0.6 is 0 Å². The summed E-state index contributed by atoms with van der Waals surface area (Å²) in [6.45, 7) is 5.03. The molecule has 1 saturated heterocycles. The zero-order valence-corrected chi connectivity index (χ0v) is 14.6. The monoisotopic (exact) mass is 342 g/mol. The van der Waals surface area contributed by atoms with E-state index in [1.807, 2.05) is 11.8 Å². The van der Waals surface area contributed by atoms with E-state index in [-0.39, 0.29) is 11.2 Å². The number of rotatable bonds is 2. The number of aromatic amines is 1. The summed E-state index contributed by atoms with van der Waals surface area (Å²) in [4.78, 5) is 40.0. The molecule has 1 fully saturated rings. The van der Waals surface area contributed by atoms with Gasteiger partial charge in [0.2, 0.25) is 0 Å². The van der Waals surface area contributed by atoms with Crippen molar-refractivity contribution < 1.29 is 0 Å². The molecule has 1 aliphatic heterocycles. The zero-order chi connectivity index (χ0) is 17.6. The molecule has 0 amide bonds. The summed E-state index contributed by atoms with van der Waals surface area (Å²) in [5, 5.41) is 0. The first-order valence-corrected chi connectivity index (χ1v) is 8.69. The molecule has 1 N–H and O–H groups in total. The first-order valence-electron chi connectivity index (χ1n) is 8.69. The Morgan fingerprint density at radius 2 is 1.76 bits per heavy atom. The van der Waals surface area contributed by atoms with Gasteiger partial charge < -0.3 is 9.80 Å². The number of aryl methyl sites for hydroxylation is 2. The molecule has 0 bridgehead atoms. The molecule has 0 aromatic carbocycles. The fourth-order valence-electron chi connectivity index (χ4n) is 3.67. The molecular weight excluding hydrogens is 320 g/mol. The van der Waals surface area contributed by atoms with Crippen LogP contribution in [-0.4, -0.2) is 45.7 Å². The maximum atomic E-state index is 11.8. The molecule has 8 nitrogen and oxygen atoms in total. The predicted octanol–water partition coefficient (Wildman–Crippen LogP) is -0.0127. The van der Waals surface area contributed by atoms with Gasteiger partial charge in [0.15, 0.2) is 0 Å². The Kier molecular flexibility index (Phi) is 3.82. The van der Waals surface area contributed by atoms with E-state index in [1.54, 1.807) is 0 Å². The van der Waals surface area contributed by atoms with Crippen LogP contribution in [0.1, 0.15) is 23.5 Å². The van der Waals surface area contributed by atoms with Crippen LogP contribution in [0.25, 0.3) is 0 Å². The van der Waals surface area contributed by atoms with Crippen molar-refractivity contribution >= 4 is 11.6 Å². The molecule has 2 aromatic heterocycles. The van der Waals surface area contributed by atoms with Gasteiger partial charge in [-0.1, -0.05) is 0 Å². The van der Waals surface area contributed by atoms with Crippen LogP contribution < -0.4 is 21.0 Å². The van der Waals surface area contributed by atoms with Crippen LogP contribution in [0.2, 0.25) is 0 Å². The van der Waals surface area contributed by atoms with Gasteiger partial charge in [-0.05, 0) is 26.2 Å². The fourth-order valence-corrected chi connectivity index (χ4v) is 3.67.